The van der Waals surface area contributed by atoms with Gasteiger partial charge < -0.3 is 15.1 Å². The van der Waals surface area contributed by atoms with Crippen LogP contribution in [0, 0.1) is 10.1 Å². The molecule has 2 N–H and O–H groups in total. The number of hydrogen-bond acceptors (Lipinski definition) is 7. The van der Waals surface area contributed by atoms with E-state index in [4.69, 9.17) is 4.42 Å². The minimum Gasteiger partial charge on any atom is -0.436 e. The fourth-order valence-electron chi connectivity index (χ4n) is 4.52. The fourth-order valence-corrected chi connectivity index (χ4v) is 5.60. The quantitative estimate of drug-likeness (QED) is 0.0974. The van der Waals surface area contributed by atoms with Crippen molar-refractivity contribution in [2.45, 2.75) is 10.1 Å². The number of benzene rings is 5. The van der Waals surface area contributed by atoms with E-state index in [1.807, 2.05) is 84.9 Å². The highest BCUT2D eigenvalue weighted by molar-refractivity contribution is 8.00. The zero-order valence-corrected chi connectivity index (χ0v) is 23.9. The predicted molar refractivity (Wildman–Crippen MR) is 171 cm³/mol. The molecule has 6 rings (SSSR count). The maximum Gasteiger partial charge on any atom is 0.269 e. The number of carbonyl (C=O) groups is 2. The summed E-state index contributed by atoms with van der Waals surface area (Å²) in [4.78, 5) is 42.1. The van der Waals surface area contributed by atoms with Gasteiger partial charge in [-0.15, -0.1) is 11.8 Å². The first-order valence-corrected chi connectivity index (χ1v) is 14.5. The van der Waals surface area contributed by atoms with Crippen LogP contribution < -0.4 is 10.6 Å². The molecule has 0 fully saturated rings. The summed E-state index contributed by atoms with van der Waals surface area (Å²) in [5.74, 6) is -0.112. The van der Waals surface area contributed by atoms with Crippen LogP contribution in [0.5, 0.6) is 0 Å². The highest BCUT2D eigenvalue weighted by atomic mass is 32.2. The van der Waals surface area contributed by atoms with E-state index < -0.39 is 16.1 Å². The first kappa shape index (κ1) is 28.4. The number of oxazole rings is 1. The van der Waals surface area contributed by atoms with Gasteiger partial charge in [0.15, 0.2) is 5.58 Å². The Bertz CT molecular complexity index is 1930. The van der Waals surface area contributed by atoms with Crippen molar-refractivity contribution < 1.29 is 18.9 Å². The maximum atomic E-state index is 13.6. The number of fused-ring (bicyclic) bond motifs is 1. The van der Waals surface area contributed by atoms with Gasteiger partial charge in [0.25, 0.3) is 11.6 Å². The van der Waals surface area contributed by atoms with Gasteiger partial charge in [-0.3, -0.25) is 19.7 Å². The zero-order chi connectivity index (χ0) is 30.5. The van der Waals surface area contributed by atoms with Crippen molar-refractivity contribution in [1.82, 2.24) is 4.98 Å². The van der Waals surface area contributed by atoms with Gasteiger partial charge in [-0.05, 0) is 72.3 Å². The second-order valence-electron chi connectivity index (χ2n) is 9.75. The van der Waals surface area contributed by atoms with Crippen molar-refractivity contribution in [1.29, 1.82) is 0 Å². The second kappa shape index (κ2) is 12.6. The molecule has 0 saturated carbocycles. The number of nitro groups is 1. The molecule has 1 unspecified atom stereocenters. The predicted octanol–water partition coefficient (Wildman–Crippen LogP) is 8.13. The molecule has 216 valence electrons. The van der Waals surface area contributed by atoms with Crippen LogP contribution in [0.4, 0.5) is 17.1 Å². The number of hydrogen-bond donors (Lipinski definition) is 2. The smallest absolute Gasteiger partial charge is 0.269 e. The van der Waals surface area contributed by atoms with E-state index in [1.54, 1.807) is 18.2 Å². The molecule has 6 aromatic rings. The van der Waals surface area contributed by atoms with Crippen LogP contribution in [-0.4, -0.2) is 21.7 Å². The molecular weight excluding hydrogens is 576 g/mol. The summed E-state index contributed by atoms with van der Waals surface area (Å²) in [6.45, 7) is 0. The minimum atomic E-state index is -0.589. The number of nitro benzene ring substituents is 1. The Hall–Kier alpha value is -5.74. The molecular formula is C34H24N4O5S. The lowest BCUT2D eigenvalue weighted by atomic mass is 10.1. The van der Waals surface area contributed by atoms with E-state index in [0.29, 0.717) is 22.8 Å². The zero-order valence-electron chi connectivity index (χ0n) is 23.0. The molecule has 44 heavy (non-hydrogen) atoms. The number of amides is 2. The van der Waals surface area contributed by atoms with E-state index in [2.05, 4.69) is 15.6 Å². The van der Waals surface area contributed by atoms with Crippen molar-refractivity contribution >= 4 is 51.7 Å². The largest absolute Gasteiger partial charge is 0.436 e. The summed E-state index contributed by atoms with van der Waals surface area (Å²) in [6.07, 6.45) is 0. The van der Waals surface area contributed by atoms with Crippen LogP contribution in [0.15, 0.2) is 137 Å². The molecule has 2 amide bonds. The third-order valence-corrected chi connectivity index (χ3v) is 7.97. The average Bonchev–Trinajstić information content (AvgIpc) is 3.49. The van der Waals surface area contributed by atoms with Crippen LogP contribution >= 0.6 is 11.8 Å². The van der Waals surface area contributed by atoms with Crippen molar-refractivity contribution in [3.05, 3.63) is 149 Å². The summed E-state index contributed by atoms with van der Waals surface area (Å²) in [5, 5.41) is 16.2. The number of carbonyl (C=O) groups excluding carboxylic acids is 2. The molecule has 10 heteroatoms. The molecule has 1 aromatic heterocycles. The Balaban J connectivity index is 1.17. The number of anilines is 2. The highest BCUT2D eigenvalue weighted by Gasteiger charge is 2.23. The lowest BCUT2D eigenvalue weighted by Gasteiger charge is -2.18. The molecule has 0 aliphatic rings. The third kappa shape index (κ3) is 6.50. The van der Waals surface area contributed by atoms with Crippen molar-refractivity contribution in [2.24, 2.45) is 0 Å². The monoisotopic (exact) mass is 600 g/mol. The number of nitrogens with one attached hydrogen (secondary N) is 2. The minimum absolute atomic E-state index is 0.0932. The van der Waals surface area contributed by atoms with Crippen molar-refractivity contribution in [3.8, 4) is 11.5 Å². The summed E-state index contributed by atoms with van der Waals surface area (Å²) < 4.78 is 5.86. The molecule has 1 heterocycles. The number of rotatable bonds is 9. The lowest BCUT2D eigenvalue weighted by molar-refractivity contribution is -0.384. The molecule has 0 radical (unpaired) electrons. The maximum absolute atomic E-state index is 13.6. The van der Waals surface area contributed by atoms with Crippen molar-refractivity contribution in [3.63, 3.8) is 0 Å². The Labute approximate surface area is 256 Å². The number of thioether (sulfide) groups is 1. The number of nitrogens with zero attached hydrogens (tertiary/aromatic N) is 2. The van der Waals surface area contributed by atoms with Gasteiger partial charge in [-0.2, -0.15) is 0 Å². The van der Waals surface area contributed by atoms with Gasteiger partial charge in [0, 0.05) is 39.5 Å². The molecule has 5 aromatic carbocycles. The standard InChI is InChI=1S/C34H24N4O5S/c39-32(23-15-19-27(20-16-23)38(41)42)36-26-9-6-10-28(21-26)44-31(22-7-2-1-3-8-22)33(40)35-25-17-13-24(14-18-25)34-37-29-11-4-5-12-30(29)43-34/h1-21,31H,(H,35,40)(H,36,39). The topological polar surface area (TPSA) is 127 Å². The van der Waals surface area contributed by atoms with E-state index in [-0.39, 0.29) is 17.2 Å². The Kier molecular flexibility index (Phi) is 8.15. The molecule has 9 nitrogen and oxygen atoms in total. The van der Waals surface area contributed by atoms with Crippen LogP contribution in [0.2, 0.25) is 0 Å². The van der Waals surface area contributed by atoms with Gasteiger partial charge in [-0.1, -0.05) is 48.5 Å². The summed E-state index contributed by atoms with van der Waals surface area (Å²) in [7, 11) is 0. The van der Waals surface area contributed by atoms with Crippen LogP contribution in [0.1, 0.15) is 21.2 Å². The Morgan fingerprint density at radius 3 is 2.23 bits per heavy atom. The SMILES string of the molecule is O=C(Nc1cccc(SC(C(=O)Nc2ccc(-c3nc4ccccc4o3)cc2)c2ccccc2)c1)c1ccc([N+](=O)[O-])cc1. The van der Waals surface area contributed by atoms with E-state index in [1.165, 1.54) is 36.0 Å². The van der Waals surface area contributed by atoms with Crippen LogP contribution in [0.25, 0.3) is 22.6 Å². The number of aromatic nitrogens is 1. The molecule has 1 atom stereocenters. The summed E-state index contributed by atoms with van der Waals surface area (Å²) in [6, 6.07) is 36.9. The molecule has 0 bridgehead atoms. The van der Waals surface area contributed by atoms with E-state index in [9.17, 15) is 19.7 Å². The second-order valence-corrected chi connectivity index (χ2v) is 10.9. The van der Waals surface area contributed by atoms with E-state index in [0.717, 1.165) is 21.5 Å². The third-order valence-electron chi connectivity index (χ3n) is 6.72. The first-order valence-electron chi connectivity index (χ1n) is 13.6. The number of para-hydroxylation sites is 2. The fraction of sp³-hybridized carbons (Fsp3) is 0.0294. The van der Waals surface area contributed by atoms with Crippen molar-refractivity contribution in [2.75, 3.05) is 10.6 Å². The first-order chi connectivity index (χ1) is 21.4. The molecule has 0 spiro atoms. The number of non-ortho nitro benzene ring substituents is 1. The van der Waals surface area contributed by atoms with Gasteiger partial charge >= 0.3 is 0 Å². The summed E-state index contributed by atoms with van der Waals surface area (Å²) >= 11 is 1.35. The highest BCUT2D eigenvalue weighted by Crippen LogP contribution is 2.37. The average molecular weight is 601 g/mol. The van der Waals surface area contributed by atoms with Crippen LogP contribution in [-0.2, 0) is 4.79 Å². The van der Waals surface area contributed by atoms with Gasteiger partial charge in [0.1, 0.15) is 10.8 Å². The summed E-state index contributed by atoms with van der Waals surface area (Å²) in [5.41, 5.74) is 4.44. The van der Waals surface area contributed by atoms with Gasteiger partial charge in [0.2, 0.25) is 11.8 Å². The van der Waals surface area contributed by atoms with Crippen LogP contribution in [0.3, 0.4) is 0 Å². The molecule has 0 aliphatic carbocycles. The normalized spacial score (nSPS) is 11.5. The lowest BCUT2D eigenvalue weighted by Crippen LogP contribution is -2.19. The molecule has 0 aliphatic heterocycles. The van der Waals surface area contributed by atoms with E-state index >= 15 is 0 Å². The van der Waals surface area contributed by atoms with Gasteiger partial charge in [0.05, 0.1) is 4.92 Å². The van der Waals surface area contributed by atoms with Gasteiger partial charge in [-0.25, -0.2) is 4.98 Å². The Morgan fingerprint density at radius 2 is 1.50 bits per heavy atom. The molecule has 0 saturated heterocycles. The Morgan fingerprint density at radius 1 is 0.773 bits per heavy atom.